The average molecular weight is 251 g/mol. The molecule has 90 valence electrons. The van der Waals surface area contributed by atoms with Gasteiger partial charge < -0.3 is 10.4 Å². The average Bonchev–Trinajstić information content (AvgIpc) is 2.35. The third kappa shape index (κ3) is 2.75. The Labute approximate surface area is 105 Å². The molecule has 0 atom stereocenters. The molecule has 0 aliphatic carbocycles. The van der Waals surface area contributed by atoms with Crippen molar-refractivity contribution in [2.24, 2.45) is 0 Å². The monoisotopic (exact) mass is 250 g/mol. The Balaban J connectivity index is 2.43. The number of nitrogens with one attached hydrogen (secondary N) is 1. The van der Waals surface area contributed by atoms with Crippen LogP contribution < -0.4 is 5.32 Å². The number of fused-ring (bicyclic) bond motifs is 1. The van der Waals surface area contributed by atoms with E-state index in [0.717, 1.165) is 35.1 Å². The van der Waals surface area contributed by atoms with Crippen LogP contribution in [0.2, 0.25) is 5.15 Å². The molecule has 0 bridgehead atoms. The Bertz CT molecular complexity index is 528. The van der Waals surface area contributed by atoms with Gasteiger partial charge in [0.1, 0.15) is 5.15 Å². The van der Waals surface area contributed by atoms with E-state index in [1.54, 1.807) is 0 Å². The predicted molar refractivity (Wildman–Crippen MR) is 70.1 cm³/mol. The van der Waals surface area contributed by atoms with Gasteiger partial charge in [-0.1, -0.05) is 30.7 Å². The summed E-state index contributed by atoms with van der Waals surface area (Å²) in [5, 5.41) is 13.9. The van der Waals surface area contributed by atoms with Gasteiger partial charge in [0.2, 0.25) is 0 Å². The van der Waals surface area contributed by atoms with Gasteiger partial charge in [-0.3, -0.25) is 0 Å². The van der Waals surface area contributed by atoms with Crippen molar-refractivity contribution < 1.29 is 5.11 Å². The summed E-state index contributed by atoms with van der Waals surface area (Å²) in [6, 6.07) is 7.75. The van der Waals surface area contributed by atoms with Gasteiger partial charge in [0.25, 0.3) is 0 Å². The highest BCUT2D eigenvalue weighted by atomic mass is 35.5. The Morgan fingerprint density at radius 1 is 1.35 bits per heavy atom. The van der Waals surface area contributed by atoms with Crippen molar-refractivity contribution in [3.05, 3.63) is 40.5 Å². The van der Waals surface area contributed by atoms with Crippen LogP contribution in [-0.2, 0) is 13.2 Å². The van der Waals surface area contributed by atoms with Crippen LogP contribution in [0.25, 0.3) is 10.9 Å². The zero-order valence-electron chi connectivity index (χ0n) is 9.70. The second-order valence-corrected chi connectivity index (χ2v) is 4.26. The van der Waals surface area contributed by atoms with Crippen molar-refractivity contribution in [1.82, 2.24) is 10.3 Å². The Morgan fingerprint density at radius 3 is 2.88 bits per heavy atom. The lowest BCUT2D eigenvalue weighted by molar-refractivity contribution is 0.282. The molecular formula is C13H15ClN2O. The molecule has 17 heavy (non-hydrogen) atoms. The first kappa shape index (κ1) is 12.3. The number of halogens is 1. The number of hydrogen-bond acceptors (Lipinski definition) is 3. The highest BCUT2D eigenvalue weighted by molar-refractivity contribution is 6.30. The van der Waals surface area contributed by atoms with E-state index >= 15 is 0 Å². The highest BCUT2D eigenvalue weighted by Gasteiger charge is 2.05. The number of hydrogen-bond donors (Lipinski definition) is 2. The summed E-state index contributed by atoms with van der Waals surface area (Å²) in [6.07, 6.45) is 0. The maximum absolute atomic E-state index is 9.07. The summed E-state index contributed by atoms with van der Waals surface area (Å²) in [7, 11) is 0. The summed E-state index contributed by atoms with van der Waals surface area (Å²) in [4.78, 5) is 4.35. The zero-order valence-corrected chi connectivity index (χ0v) is 10.5. The first-order chi connectivity index (χ1) is 8.24. The smallest absolute Gasteiger partial charge is 0.134 e. The van der Waals surface area contributed by atoms with E-state index < -0.39 is 0 Å². The molecule has 3 nitrogen and oxygen atoms in total. The first-order valence-corrected chi connectivity index (χ1v) is 6.02. The molecule has 0 saturated heterocycles. The molecule has 1 aromatic carbocycles. The van der Waals surface area contributed by atoms with E-state index in [2.05, 4.69) is 17.2 Å². The van der Waals surface area contributed by atoms with E-state index in [0.29, 0.717) is 5.15 Å². The van der Waals surface area contributed by atoms with Gasteiger partial charge in [0.15, 0.2) is 0 Å². The maximum atomic E-state index is 9.07. The highest BCUT2D eigenvalue weighted by Crippen LogP contribution is 2.21. The van der Waals surface area contributed by atoms with Crippen LogP contribution in [0, 0.1) is 0 Å². The molecule has 4 heteroatoms. The molecule has 2 rings (SSSR count). The number of pyridine rings is 1. The zero-order chi connectivity index (χ0) is 12.3. The van der Waals surface area contributed by atoms with Crippen molar-refractivity contribution in [3.8, 4) is 0 Å². The van der Waals surface area contributed by atoms with Gasteiger partial charge in [-0.15, -0.1) is 0 Å². The lowest BCUT2D eigenvalue weighted by Crippen LogP contribution is -2.12. The number of aliphatic hydroxyl groups excluding tert-OH is 1. The molecule has 0 saturated carbocycles. The van der Waals surface area contributed by atoms with E-state index in [1.165, 1.54) is 0 Å². The second-order valence-electron chi connectivity index (χ2n) is 3.90. The number of benzene rings is 1. The number of nitrogens with zero attached hydrogens (tertiary/aromatic N) is 1. The van der Waals surface area contributed by atoms with Crippen molar-refractivity contribution in [1.29, 1.82) is 0 Å². The van der Waals surface area contributed by atoms with Crippen molar-refractivity contribution in [2.45, 2.75) is 20.1 Å². The van der Waals surface area contributed by atoms with Crippen LogP contribution in [0.15, 0.2) is 24.3 Å². The molecule has 0 unspecified atom stereocenters. The molecule has 0 amide bonds. The molecule has 0 aliphatic rings. The topological polar surface area (TPSA) is 45.1 Å². The van der Waals surface area contributed by atoms with E-state index in [4.69, 9.17) is 16.7 Å². The van der Waals surface area contributed by atoms with Crippen LogP contribution >= 0.6 is 11.6 Å². The quantitative estimate of drug-likeness (QED) is 0.820. The fourth-order valence-electron chi connectivity index (χ4n) is 1.71. The minimum absolute atomic E-state index is 0.0222. The van der Waals surface area contributed by atoms with E-state index in [9.17, 15) is 0 Å². The minimum atomic E-state index is 0.0222. The molecule has 0 fully saturated rings. The summed E-state index contributed by atoms with van der Waals surface area (Å²) in [5.74, 6) is 0. The molecule has 0 radical (unpaired) electrons. The third-order valence-corrected chi connectivity index (χ3v) is 2.98. The van der Waals surface area contributed by atoms with Crippen LogP contribution in [0.5, 0.6) is 0 Å². The lowest BCUT2D eigenvalue weighted by atomic mass is 10.1. The molecular weight excluding hydrogens is 236 g/mol. The van der Waals surface area contributed by atoms with Crippen molar-refractivity contribution in [3.63, 3.8) is 0 Å². The Morgan fingerprint density at radius 2 is 2.18 bits per heavy atom. The Hall–Kier alpha value is -1.16. The minimum Gasteiger partial charge on any atom is -0.392 e. The van der Waals surface area contributed by atoms with Crippen LogP contribution in [0.3, 0.4) is 0 Å². The molecule has 0 aliphatic heterocycles. The summed E-state index contributed by atoms with van der Waals surface area (Å²) < 4.78 is 0. The number of aromatic nitrogens is 1. The predicted octanol–water partition coefficient (Wildman–Crippen LogP) is 2.49. The number of rotatable bonds is 4. The van der Waals surface area contributed by atoms with Gasteiger partial charge in [-0.2, -0.15) is 0 Å². The molecule has 0 spiro atoms. The van der Waals surface area contributed by atoms with Crippen molar-refractivity contribution >= 4 is 22.5 Å². The van der Waals surface area contributed by atoms with E-state index in [-0.39, 0.29) is 6.61 Å². The van der Waals surface area contributed by atoms with Gasteiger partial charge >= 0.3 is 0 Å². The van der Waals surface area contributed by atoms with Crippen molar-refractivity contribution in [2.75, 3.05) is 6.54 Å². The standard InChI is InChI=1S/C13H15ClN2O/c1-2-15-7-11-6-10-4-3-9(8-17)5-12(10)16-13(11)14/h3-6,15,17H,2,7-8H2,1H3. The lowest BCUT2D eigenvalue weighted by Gasteiger charge is -2.07. The second kappa shape index (κ2) is 5.45. The van der Waals surface area contributed by atoms with Gasteiger partial charge in [0, 0.05) is 17.5 Å². The molecule has 2 N–H and O–H groups in total. The van der Waals surface area contributed by atoms with E-state index in [1.807, 2.05) is 24.3 Å². The Kier molecular flexibility index (Phi) is 3.94. The van der Waals surface area contributed by atoms with Gasteiger partial charge in [0.05, 0.1) is 12.1 Å². The molecule has 1 heterocycles. The first-order valence-electron chi connectivity index (χ1n) is 5.64. The number of aliphatic hydroxyl groups is 1. The van der Waals surface area contributed by atoms with Gasteiger partial charge in [-0.05, 0) is 24.2 Å². The van der Waals surface area contributed by atoms with Crippen LogP contribution in [0.1, 0.15) is 18.1 Å². The molecule has 1 aromatic heterocycles. The SMILES string of the molecule is CCNCc1cc2ccc(CO)cc2nc1Cl. The summed E-state index contributed by atoms with van der Waals surface area (Å²) in [6.45, 7) is 3.70. The molecule has 2 aromatic rings. The summed E-state index contributed by atoms with van der Waals surface area (Å²) >= 11 is 6.12. The largest absolute Gasteiger partial charge is 0.392 e. The third-order valence-electron chi connectivity index (χ3n) is 2.66. The fraction of sp³-hybridized carbons (Fsp3) is 0.308. The fourth-order valence-corrected chi connectivity index (χ4v) is 1.93. The van der Waals surface area contributed by atoms with Gasteiger partial charge in [-0.25, -0.2) is 4.98 Å². The maximum Gasteiger partial charge on any atom is 0.134 e. The normalized spacial score (nSPS) is 11.0. The van der Waals surface area contributed by atoms with Crippen LogP contribution in [-0.4, -0.2) is 16.6 Å². The summed E-state index contributed by atoms with van der Waals surface area (Å²) in [5.41, 5.74) is 2.67. The van der Waals surface area contributed by atoms with Crippen LogP contribution in [0.4, 0.5) is 0 Å².